The lowest BCUT2D eigenvalue weighted by Crippen LogP contribution is -2.29. The molecule has 0 spiro atoms. The Morgan fingerprint density at radius 2 is 1.58 bits per heavy atom. The molecule has 3 aromatic carbocycles. The molecular weight excluding hydrogens is 324 g/mol. The van der Waals surface area contributed by atoms with Gasteiger partial charge in [-0.2, -0.15) is 0 Å². The molecule has 0 aromatic heterocycles. The molecule has 3 aromatic rings. The van der Waals surface area contributed by atoms with Gasteiger partial charge in [0.1, 0.15) is 6.61 Å². The molecule has 0 heterocycles. The number of ether oxygens (including phenoxy) is 1. The molecular formula is C23H26O3. The molecule has 1 atom stereocenters. The van der Waals surface area contributed by atoms with Gasteiger partial charge in [-0.1, -0.05) is 55.5 Å². The second-order valence-corrected chi connectivity index (χ2v) is 7.49. The van der Waals surface area contributed by atoms with E-state index in [-0.39, 0.29) is 12.6 Å². The number of hydrogen-bond donors (Lipinski definition) is 1. The lowest BCUT2D eigenvalue weighted by molar-refractivity contribution is -0.157. The Kier molecular flexibility index (Phi) is 5.28. The largest absolute Gasteiger partial charge is 0.463 e. The number of fused-ring (bicyclic) bond motifs is 2. The summed E-state index contributed by atoms with van der Waals surface area (Å²) in [5.74, 6) is -0.262. The van der Waals surface area contributed by atoms with Gasteiger partial charge < -0.3 is 9.84 Å². The predicted octanol–water partition coefficient (Wildman–Crippen LogP) is 4.88. The number of aliphatic hydroxyl groups excluding tert-OH is 1. The van der Waals surface area contributed by atoms with Crippen LogP contribution >= 0.6 is 0 Å². The van der Waals surface area contributed by atoms with Gasteiger partial charge in [0.2, 0.25) is 0 Å². The standard InChI is InChI=1S/C23H26O3/c1-4-23(2,3)22(25)26-15-18(24)14-21-19-11-7-5-9-16(19)13-17-10-6-8-12-20(17)21/h5-13,18,24H,4,14-15H2,1-3H3. The van der Waals surface area contributed by atoms with E-state index in [9.17, 15) is 9.90 Å². The van der Waals surface area contributed by atoms with Gasteiger partial charge in [-0.3, -0.25) is 4.79 Å². The smallest absolute Gasteiger partial charge is 0.311 e. The Hall–Kier alpha value is -2.39. The van der Waals surface area contributed by atoms with E-state index in [1.165, 1.54) is 0 Å². The summed E-state index contributed by atoms with van der Waals surface area (Å²) in [5, 5.41) is 15.1. The third kappa shape index (κ3) is 3.73. The number of benzene rings is 3. The Balaban J connectivity index is 1.86. The molecule has 0 saturated heterocycles. The van der Waals surface area contributed by atoms with Crippen molar-refractivity contribution >= 4 is 27.5 Å². The van der Waals surface area contributed by atoms with E-state index in [4.69, 9.17) is 4.74 Å². The van der Waals surface area contributed by atoms with Crippen molar-refractivity contribution in [2.45, 2.75) is 39.7 Å². The van der Waals surface area contributed by atoms with Crippen LogP contribution in [-0.4, -0.2) is 23.8 Å². The average Bonchev–Trinajstić information content (AvgIpc) is 2.65. The topological polar surface area (TPSA) is 46.5 Å². The first kappa shape index (κ1) is 18.4. The van der Waals surface area contributed by atoms with E-state index in [1.54, 1.807) is 0 Å². The zero-order chi connectivity index (χ0) is 18.7. The summed E-state index contributed by atoms with van der Waals surface area (Å²) in [7, 11) is 0. The highest BCUT2D eigenvalue weighted by Crippen LogP contribution is 2.29. The maximum absolute atomic E-state index is 12.1. The molecule has 0 radical (unpaired) electrons. The summed E-state index contributed by atoms with van der Waals surface area (Å²) in [5.41, 5.74) is 0.572. The van der Waals surface area contributed by atoms with Crippen LogP contribution in [0.4, 0.5) is 0 Å². The van der Waals surface area contributed by atoms with Gasteiger partial charge in [0.25, 0.3) is 0 Å². The Morgan fingerprint density at radius 1 is 1.04 bits per heavy atom. The lowest BCUT2D eigenvalue weighted by Gasteiger charge is -2.22. The van der Waals surface area contributed by atoms with Crippen LogP contribution in [0.15, 0.2) is 54.6 Å². The third-order valence-corrected chi connectivity index (χ3v) is 5.17. The highest BCUT2D eigenvalue weighted by atomic mass is 16.5. The van der Waals surface area contributed by atoms with Crippen LogP contribution in [0.3, 0.4) is 0 Å². The number of esters is 1. The number of carbonyl (C=O) groups excluding carboxylic acids is 1. The van der Waals surface area contributed by atoms with Crippen LogP contribution in [0.1, 0.15) is 32.8 Å². The maximum atomic E-state index is 12.1. The van der Waals surface area contributed by atoms with E-state index < -0.39 is 11.5 Å². The van der Waals surface area contributed by atoms with Crippen LogP contribution in [0.25, 0.3) is 21.5 Å². The molecule has 0 bridgehead atoms. The summed E-state index contributed by atoms with van der Waals surface area (Å²) >= 11 is 0. The van der Waals surface area contributed by atoms with Gasteiger partial charge in [0.05, 0.1) is 11.5 Å². The normalized spacial score (nSPS) is 13.1. The number of hydrogen-bond acceptors (Lipinski definition) is 3. The molecule has 1 N–H and O–H groups in total. The van der Waals surface area contributed by atoms with Gasteiger partial charge in [-0.05, 0) is 53.4 Å². The van der Waals surface area contributed by atoms with Crippen molar-refractivity contribution in [2.24, 2.45) is 5.41 Å². The lowest BCUT2D eigenvalue weighted by atomic mass is 9.90. The zero-order valence-corrected chi connectivity index (χ0v) is 15.7. The highest BCUT2D eigenvalue weighted by molar-refractivity contribution is 6.02. The number of aliphatic hydroxyl groups is 1. The van der Waals surface area contributed by atoms with Crippen molar-refractivity contribution in [3.05, 3.63) is 60.2 Å². The van der Waals surface area contributed by atoms with Crippen molar-refractivity contribution in [3.63, 3.8) is 0 Å². The minimum atomic E-state index is -0.735. The third-order valence-electron chi connectivity index (χ3n) is 5.17. The Bertz CT molecular complexity index is 873. The van der Waals surface area contributed by atoms with Crippen molar-refractivity contribution in [1.82, 2.24) is 0 Å². The molecule has 0 aliphatic carbocycles. The van der Waals surface area contributed by atoms with Gasteiger partial charge in [0, 0.05) is 6.42 Å². The number of rotatable bonds is 6. The fourth-order valence-electron chi connectivity index (χ4n) is 3.13. The van der Waals surface area contributed by atoms with Crippen molar-refractivity contribution in [3.8, 4) is 0 Å². The fourth-order valence-corrected chi connectivity index (χ4v) is 3.13. The molecule has 0 amide bonds. The summed E-state index contributed by atoms with van der Waals surface area (Å²) in [6.45, 7) is 5.69. The van der Waals surface area contributed by atoms with E-state index in [2.05, 4.69) is 30.3 Å². The second-order valence-electron chi connectivity index (χ2n) is 7.49. The van der Waals surface area contributed by atoms with Gasteiger partial charge >= 0.3 is 5.97 Å². The predicted molar refractivity (Wildman–Crippen MR) is 106 cm³/mol. The minimum Gasteiger partial charge on any atom is -0.463 e. The maximum Gasteiger partial charge on any atom is 0.311 e. The quantitative estimate of drug-likeness (QED) is 0.509. The molecule has 3 nitrogen and oxygen atoms in total. The van der Waals surface area contributed by atoms with E-state index in [0.29, 0.717) is 12.8 Å². The van der Waals surface area contributed by atoms with Gasteiger partial charge in [0.15, 0.2) is 0 Å². The average molecular weight is 350 g/mol. The van der Waals surface area contributed by atoms with E-state index >= 15 is 0 Å². The summed E-state index contributed by atoms with van der Waals surface area (Å²) in [6, 6.07) is 18.6. The SMILES string of the molecule is CCC(C)(C)C(=O)OCC(O)Cc1c2ccccc2cc2ccccc12. The van der Waals surface area contributed by atoms with Crippen LogP contribution < -0.4 is 0 Å². The van der Waals surface area contributed by atoms with Crippen LogP contribution in [0.5, 0.6) is 0 Å². The van der Waals surface area contributed by atoms with Crippen LogP contribution in [0.2, 0.25) is 0 Å². The van der Waals surface area contributed by atoms with Crippen LogP contribution in [-0.2, 0) is 16.0 Å². The zero-order valence-electron chi connectivity index (χ0n) is 15.7. The first-order valence-corrected chi connectivity index (χ1v) is 9.17. The molecule has 0 aliphatic heterocycles. The monoisotopic (exact) mass is 350 g/mol. The van der Waals surface area contributed by atoms with E-state index in [1.807, 2.05) is 45.0 Å². The first-order chi connectivity index (χ1) is 12.4. The molecule has 3 rings (SSSR count). The highest BCUT2D eigenvalue weighted by Gasteiger charge is 2.27. The van der Waals surface area contributed by atoms with E-state index in [0.717, 1.165) is 27.1 Å². The van der Waals surface area contributed by atoms with Gasteiger partial charge in [-0.15, -0.1) is 0 Å². The minimum absolute atomic E-state index is 0.0137. The molecule has 136 valence electrons. The van der Waals surface area contributed by atoms with Crippen LogP contribution in [0, 0.1) is 5.41 Å². The molecule has 1 unspecified atom stereocenters. The van der Waals surface area contributed by atoms with Gasteiger partial charge in [-0.25, -0.2) is 0 Å². The number of carbonyl (C=O) groups is 1. The summed E-state index contributed by atoms with van der Waals surface area (Å²) in [4.78, 5) is 12.1. The fraction of sp³-hybridized carbons (Fsp3) is 0.348. The summed E-state index contributed by atoms with van der Waals surface area (Å²) in [6.07, 6.45) is 0.415. The van der Waals surface area contributed by atoms with Crippen molar-refractivity contribution in [1.29, 1.82) is 0 Å². The van der Waals surface area contributed by atoms with Crippen molar-refractivity contribution in [2.75, 3.05) is 6.61 Å². The Labute approximate surface area is 154 Å². The first-order valence-electron chi connectivity index (χ1n) is 9.17. The van der Waals surface area contributed by atoms with Crippen molar-refractivity contribution < 1.29 is 14.6 Å². The molecule has 0 saturated carbocycles. The molecule has 26 heavy (non-hydrogen) atoms. The molecule has 0 fully saturated rings. The Morgan fingerprint density at radius 3 is 2.12 bits per heavy atom. The second kappa shape index (κ2) is 7.46. The molecule has 0 aliphatic rings. The molecule has 3 heteroatoms. The summed E-state index contributed by atoms with van der Waals surface area (Å²) < 4.78 is 5.37.